The number of likely N-dealkylation sites (N-methyl/N-ethyl adjacent to an activating group) is 2. The van der Waals surface area contributed by atoms with Crippen molar-refractivity contribution in [3.05, 3.63) is 29.8 Å². The van der Waals surface area contributed by atoms with Crippen LogP contribution in [0.1, 0.15) is 12.5 Å². The van der Waals surface area contributed by atoms with Crippen LogP contribution in [0.3, 0.4) is 0 Å². The minimum absolute atomic E-state index is 0.516. The van der Waals surface area contributed by atoms with Gasteiger partial charge in [0.25, 0.3) is 0 Å². The summed E-state index contributed by atoms with van der Waals surface area (Å²) in [6.07, 6.45) is 0. The Morgan fingerprint density at radius 2 is 2.00 bits per heavy atom. The summed E-state index contributed by atoms with van der Waals surface area (Å²) in [5, 5.41) is 0. The molecule has 1 rings (SSSR count). The summed E-state index contributed by atoms with van der Waals surface area (Å²) in [4.78, 5) is 2.36. The number of anilines is 1. The van der Waals surface area contributed by atoms with Crippen LogP contribution in [-0.4, -0.2) is 38.3 Å². The van der Waals surface area contributed by atoms with Gasteiger partial charge in [0.1, 0.15) is 6.54 Å². The van der Waals surface area contributed by atoms with Gasteiger partial charge in [-0.1, -0.05) is 12.1 Å². The summed E-state index contributed by atoms with van der Waals surface area (Å²) >= 11 is 0. The van der Waals surface area contributed by atoms with Gasteiger partial charge in [-0.05, 0) is 31.5 Å². The lowest BCUT2D eigenvalue weighted by molar-refractivity contribution is -0.900. The average Bonchev–Trinajstić information content (AvgIpc) is 2.17. The monoisotopic (exact) mass is 222 g/mol. The van der Waals surface area contributed by atoms with Crippen molar-refractivity contribution in [3.8, 4) is 0 Å². The normalized spacial score (nSPS) is 11.6. The quantitative estimate of drug-likeness (QED) is 0.467. The van der Waals surface area contributed by atoms with E-state index in [2.05, 4.69) is 43.0 Å². The molecule has 0 radical (unpaired) electrons. The van der Waals surface area contributed by atoms with Crippen LogP contribution in [0.5, 0.6) is 0 Å². The van der Waals surface area contributed by atoms with Crippen LogP contribution >= 0.6 is 0 Å². The second-order valence-electron chi connectivity index (χ2n) is 4.92. The fourth-order valence-electron chi connectivity index (χ4n) is 1.67. The maximum atomic E-state index is 5.96. The molecule has 1 aromatic carbocycles. The van der Waals surface area contributed by atoms with E-state index < -0.39 is 0 Å². The molecule has 0 aliphatic heterocycles. The second-order valence-corrected chi connectivity index (χ2v) is 4.92. The fourth-order valence-corrected chi connectivity index (χ4v) is 1.67. The number of aryl methyl sites for hydroxylation is 1. The molecular weight excluding hydrogens is 198 g/mol. The molecule has 0 saturated carbocycles. The Morgan fingerprint density at radius 1 is 1.31 bits per heavy atom. The van der Waals surface area contributed by atoms with Crippen LogP contribution < -0.4 is 10.7 Å². The van der Waals surface area contributed by atoms with Crippen LogP contribution in [0.4, 0.5) is 5.69 Å². The summed E-state index contributed by atoms with van der Waals surface area (Å²) in [6, 6.07) is 8.61. The molecule has 1 aromatic rings. The molecule has 0 spiro atoms. The highest BCUT2D eigenvalue weighted by Crippen LogP contribution is 2.15. The zero-order valence-electron chi connectivity index (χ0n) is 10.9. The fraction of sp³-hybridized carbons (Fsp3) is 0.538. The summed E-state index contributed by atoms with van der Waals surface area (Å²) in [5.41, 5.74) is 2.59. The highest BCUT2D eigenvalue weighted by Gasteiger charge is 2.11. The van der Waals surface area contributed by atoms with Crippen molar-refractivity contribution in [1.82, 2.24) is 0 Å². The predicted molar refractivity (Wildman–Crippen MR) is 70.2 cm³/mol. The van der Waals surface area contributed by atoms with E-state index in [4.69, 9.17) is 5.84 Å². The molecule has 3 heteroatoms. The molecule has 0 aliphatic rings. The Morgan fingerprint density at radius 3 is 2.50 bits per heavy atom. The summed E-state index contributed by atoms with van der Waals surface area (Å²) in [7, 11) is 4.04. The summed E-state index contributed by atoms with van der Waals surface area (Å²) < 4.78 is 0.516. The van der Waals surface area contributed by atoms with E-state index in [-0.39, 0.29) is 0 Å². The maximum Gasteiger partial charge on any atom is 0.113 e. The smallest absolute Gasteiger partial charge is 0.113 e. The second kappa shape index (κ2) is 5.32. The van der Waals surface area contributed by atoms with Crippen molar-refractivity contribution in [2.45, 2.75) is 13.8 Å². The topological polar surface area (TPSA) is 29.3 Å². The molecule has 16 heavy (non-hydrogen) atoms. The standard InChI is InChI=1S/C13H24N3/c1-5-15(9-10-16(3,4)14)13-8-6-7-12(2)11-13/h6-8,11H,5,9-10,14H2,1-4H3/q+1. The van der Waals surface area contributed by atoms with Gasteiger partial charge in [0, 0.05) is 12.2 Å². The van der Waals surface area contributed by atoms with Crippen LogP contribution in [0, 0.1) is 6.92 Å². The highest BCUT2D eigenvalue weighted by atomic mass is 15.5. The van der Waals surface area contributed by atoms with Gasteiger partial charge in [-0.15, -0.1) is 0 Å². The molecule has 2 N–H and O–H groups in total. The zero-order chi connectivity index (χ0) is 12.2. The molecule has 0 saturated heterocycles. The van der Waals surface area contributed by atoms with E-state index in [9.17, 15) is 0 Å². The maximum absolute atomic E-state index is 5.96. The third-order valence-corrected chi connectivity index (χ3v) is 2.69. The molecular formula is C13H24N3+. The van der Waals surface area contributed by atoms with Gasteiger partial charge in [0.2, 0.25) is 0 Å². The molecule has 0 unspecified atom stereocenters. The lowest BCUT2D eigenvalue weighted by Crippen LogP contribution is -2.51. The Kier molecular flexibility index (Phi) is 4.33. The molecule has 0 bridgehead atoms. The first-order valence-corrected chi connectivity index (χ1v) is 5.85. The lowest BCUT2D eigenvalue weighted by Gasteiger charge is -2.28. The number of rotatable bonds is 5. The van der Waals surface area contributed by atoms with Crippen LogP contribution in [0.15, 0.2) is 24.3 Å². The van der Waals surface area contributed by atoms with Crippen LogP contribution in [0.2, 0.25) is 0 Å². The first-order valence-electron chi connectivity index (χ1n) is 5.85. The Labute approximate surface area is 99.0 Å². The number of nitrogens with zero attached hydrogens (tertiary/aromatic N) is 2. The highest BCUT2D eigenvalue weighted by molar-refractivity contribution is 5.48. The molecule has 0 atom stereocenters. The average molecular weight is 222 g/mol. The molecule has 0 amide bonds. The molecule has 3 nitrogen and oxygen atoms in total. The number of nitrogens with two attached hydrogens (primary N) is 1. The summed E-state index contributed by atoms with van der Waals surface area (Å²) in [6.45, 7) is 7.26. The number of benzene rings is 1. The molecule has 90 valence electrons. The van der Waals surface area contributed by atoms with Gasteiger partial charge in [-0.2, -0.15) is 5.84 Å². The molecule has 0 aliphatic carbocycles. The minimum Gasteiger partial charge on any atom is -0.366 e. The number of hydrogen-bond donors (Lipinski definition) is 1. The third kappa shape index (κ3) is 4.21. The predicted octanol–water partition coefficient (Wildman–Crippen LogP) is 1.77. The third-order valence-electron chi connectivity index (χ3n) is 2.69. The van der Waals surface area contributed by atoms with Crippen molar-refractivity contribution in [2.24, 2.45) is 5.84 Å². The molecule has 0 aromatic heterocycles. The molecule has 0 fully saturated rings. The first kappa shape index (κ1) is 13.0. The van der Waals surface area contributed by atoms with E-state index >= 15 is 0 Å². The van der Waals surface area contributed by atoms with Crippen LogP contribution in [0.25, 0.3) is 0 Å². The first-order chi connectivity index (χ1) is 7.42. The van der Waals surface area contributed by atoms with Gasteiger partial charge in [-0.3, -0.25) is 4.59 Å². The summed E-state index contributed by atoms with van der Waals surface area (Å²) in [5.74, 6) is 5.96. The van der Waals surface area contributed by atoms with E-state index in [0.717, 1.165) is 19.6 Å². The Bertz CT molecular complexity index is 328. The lowest BCUT2D eigenvalue weighted by atomic mass is 10.2. The van der Waals surface area contributed by atoms with Gasteiger partial charge in [0.15, 0.2) is 0 Å². The Hall–Kier alpha value is -1.06. The largest absolute Gasteiger partial charge is 0.366 e. The zero-order valence-corrected chi connectivity index (χ0v) is 10.9. The van der Waals surface area contributed by atoms with E-state index in [1.165, 1.54) is 11.3 Å². The van der Waals surface area contributed by atoms with Crippen LogP contribution in [-0.2, 0) is 0 Å². The van der Waals surface area contributed by atoms with Gasteiger partial charge >= 0.3 is 0 Å². The van der Waals surface area contributed by atoms with Gasteiger partial charge in [0.05, 0.1) is 20.6 Å². The van der Waals surface area contributed by atoms with E-state index in [1.54, 1.807) is 0 Å². The van der Waals surface area contributed by atoms with Gasteiger partial charge in [-0.25, -0.2) is 0 Å². The minimum atomic E-state index is 0.516. The van der Waals surface area contributed by atoms with Crippen molar-refractivity contribution in [2.75, 3.05) is 38.6 Å². The van der Waals surface area contributed by atoms with Crippen molar-refractivity contribution in [1.29, 1.82) is 0 Å². The van der Waals surface area contributed by atoms with E-state index in [1.807, 2.05) is 14.1 Å². The van der Waals surface area contributed by atoms with E-state index in [0.29, 0.717) is 4.59 Å². The number of hydrogen-bond acceptors (Lipinski definition) is 2. The number of quaternary nitrogens is 1. The van der Waals surface area contributed by atoms with Gasteiger partial charge < -0.3 is 4.90 Å². The van der Waals surface area contributed by atoms with Crippen molar-refractivity contribution in [3.63, 3.8) is 0 Å². The molecule has 0 heterocycles. The van der Waals surface area contributed by atoms with Crippen molar-refractivity contribution < 1.29 is 4.59 Å². The van der Waals surface area contributed by atoms with Crippen molar-refractivity contribution >= 4 is 5.69 Å². The SMILES string of the molecule is CCN(CC[N+](C)(C)N)c1cccc(C)c1. The Balaban J connectivity index is 2.68.